The average molecular weight is 636 g/mol. The molecular formula is C20H21N12O11P. The second-order valence-corrected chi connectivity index (χ2v) is 9.96. The van der Waals surface area contributed by atoms with Crippen molar-refractivity contribution in [3.05, 3.63) is 62.8 Å². The first-order chi connectivity index (χ1) is 20.9. The number of H-pyrrole nitrogens is 5. The van der Waals surface area contributed by atoms with Gasteiger partial charge in [-0.25, -0.2) is 34.3 Å². The van der Waals surface area contributed by atoms with Gasteiger partial charge in [-0.3, -0.25) is 28.6 Å². The smallest absolute Gasteiger partial charge is 0.469 e. The number of hydrogen-bond donors (Lipinski definition) is 10. The van der Waals surface area contributed by atoms with Gasteiger partial charge in [-0.15, -0.1) is 0 Å². The van der Waals surface area contributed by atoms with Crippen LogP contribution in [-0.2, 0) is 13.8 Å². The maximum absolute atomic E-state index is 10.9. The Hall–Kier alpha value is -5.16. The van der Waals surface area contributed by atoms with E-state index >= 15 is 0 Å². The summed E-state index contributed by atoms with van der Waals surface area (Å²) in [5.41, 5.74) is 0.464. The highest BCUT2D eigenvalue weighted by molar-refractivity contribution is 7.46. The molecular weight excluding hydrogens is 615 g/mol. The van der Waals surface area contributed by atoms with Crippen LogP contribution in [0.15, 0.2) is 46.0 Å². The minimum atomic E-state index is -4.74. The Morgan fingerprint density at radius 3 is 2.32 bits per heavy atom. The van der Waals surface area contributed by atoms with Gasteiger partial charge < -0.3 is 44.8 Å². The number of imidazole rings is 3. The summed E-state index contributed by atoms with van der Waals surface area (Å²) in [6.07, 6.45) is 1.25. The molecule has 6 aromatic rings. The van der Waals surface area contributed by atoms with Gasteiger partial charge in [-0.1, -0.05) is 0 Å². The standard InChI is InChI=1S/C10H13N4O8P.C5H4N4O2.C5H4N4O/c15-6-4(1-21-23(18,19)20)22-10(7(6)16)14-3-13-5-8(14)11-2-12-9(5)17;10-4-2-3(7-1-6-2)8-5(11)9-4;10-5-3-4(7-1-6-3)8-2-9-5/h2-4,6-7,10,15-16H,1H2,(H,11,12,17)(H2,18,19,20);1H,(H3,6,7,8,9,10,11);1-2H,(H2,6,7,8,9,10)/t4-,6-,7-,10-;;/m1../s1. The highest BCUT2D eigenvalue weighted by Gasteiger charge is 2.45. The highest BCUT2D eigenvalue weighted by Crippen LogP contribution is 2.38. The number of aromatic hydroxyl groups is 1. The Morgan fingerprint density at radius 1 is 0.886 bits per heavy atom. The van der Waals surface area contributed by atoms with E-state index in [0.29, 0.717) is 11.2 Å². The lowest BCUT2D eigenvalue weighted by Crippen LogP contribution is -2.33. The van der Waals surface area contributed by atoms with Gasteiger partial charge in [0.2, 0.25) is 5.88 Å². The van der Waals surface area contributed by atoms with Crippen LogP contribution in [0, 0.1) is 0 Å². The van der Waals surface area contributed by atoms with Crippen LogP contribution in [0.3, 0.4) is 0 Å². The number of phosphoric ester groups is 1. The van der Waals surface area contributed by atoms with Crippen LogP contribution in [0.2, 0.25) is 0 Å². The SMILES string of the molecule is O=P(O)(O)OC[C@H]1O[C@@H](n2cnc3c(O)ncnc32)[C@H](O)[C@@H]1O.O=c1[nH]c(=O)c2[nH]cnc2[nH]1.O=c1[nH]cnc2nc[nH]c12. The zero-order valence-electron chi connectivity index (χ0n) is 21.7. The molecule has 1 aliphatic rings. The van der Waals surface area contributed by atoms with Crippen molar-refractivity contribution in [2.24, 2.45) is 0 Å². The quantitative estimate of drug-likeness (QED) is 0.0853. The van der Waals surface area contributed by atoms with Crippen LogP contribution >= 0.6 is 7.82 Å². The Kier molecular flexibility index (Phi) is 8.41. The number of rotatable bonds is 4. The first-order valence-electron chi connectivity index (χ1n) is 12.0. The molecule has 0 amide bonds. The van der Waals surface area contributed by atoms with Crippen molar-refractivity contribution in [2.45, 2.75) is 24.5 Å². The maximum Gasteiger partial charge on any atom is 0.469 e. The van der Waals surface area contributed by atoms with Crippen LogP contribution in [0.1, 0.15) is 6.23 Å². The molecule has 0 bridgehead atoms. The summed E-state index contributed by atoms with van der Waals surface area (Å²) in [5, 5.41) is 29.6. The van der Waals surface area contributed by atoms with Crippen molar-refractivity contribution in [1.29, 1.82) is 0 Å². The van der Waals surface area contributed by atoms with Gasteiger partial charge in [0.1, 0.15) is 30.2 Å². The summed E-state index contributed by atoms with van der Waals surface area (Å²) < 4.78 is 21.6. The van der Waals surface area contributed by atoms with Gasteiger partial charge in [-0.05, 0) is 0 Å². The predicted octanol–water partition coefficient (Wildman–Crippen LogP) is -3.15. The van der Waals surface area contributed by atoms with E-state index in [1.54, 1.807) is 0 Å². The van der Waals surface area contributed by atoms with E-state index in [0.717, 1.165) is 6.33 Å². The number of ether oxygens (including phenoxy) is 1. The number of aliphatic hydroxyl groups excluding tert-OH is 2. The van der Waals surface area contributed by atoms with Crippen molar-refractivity contribution in [3.8, 4) is 5.88 Å². The number of phosphoric acid groups is 1. The lowest BCUT2D eigenvalue weighted by atomic mass is 10.1. The van der Waals surface area contributed by atoms with E-state index < -0.39 is 50.2 Å². The molecule has 0 aromatic carbocycles. The second-order valence-electron chi connectivity index (χ2n) is 8.72. The molecule has 0 spiro atoms. The van der Waals surface area contributed by atoms with E-state index in [2.05, 4.69) is 59.3 Å². The van der Waals surface area contributed by atoms with Gasteiger partial charge in [-0.2, -0.15) is 4.98 Å². The molecule has 10 N–H and O–H groups in total. The summed E-state index contributed by atoms with van der Waals surface area (Å²) in [4.78, 5) is 84.6. The Labute approximate surface area is 239 Å². The fraction of sp³-hybridized carbons (Fsp3) is 0.250. The molecule has 23 nitrogen and oxygen atoms in total. The van der Waals surface area contributed by atoms with Crippen molar-refractivity contribution < 1.29 is 38.9 Å². The van der Waals surface area contributed by atoms with Gasteiger partial charge >= 0.3 is 13.5 Å². The predicted molar refractivity (Wildman–Crippen MR) is 143 cm³/mol. The highest BCUT2D eigenvalue weighted by atomic mass is 31.2. The molecule has 232 valence electrons. The molecule has 0 saturated carbocycles. The molecule has 0 aliphatic carbocycles. The molecule has 6 aromatic heterocycles. The number of aromatic nitrogens is 12. The van der Waals surface area contributed by atoms with E-state index in [-0.39, 0.29) is 33.8 Å². The fourth-order valence-corrected chi connectivity index (χ4v) is 4.28. The van der Waals surface area contributed by atoms with Gasteiger partial charge in [0.25, 0.3) is 11.1 Å². The number of nitrogens with zero attached hydrogens (tertiary/aromatic N) is 7. The zero-order valence-corrected chi connectivity index (χ0v) is 22.6. The summed E-state index contributed by atoms with van der Waals surface area (Å²) in [7, 11) is -4.74. The Balaban J connectivity index is 0.000000150. The van der Waals surface area contributed by atoms with Crippen LogP contribution in [0.4, 0.5) is 0 Å². The molecule has 1 aliphatic heterocycles. The Bertz CT molecular complexity index is 2130. The fourth-order valence-electron chi connectivity index (χ4n) is 3.94. The first kappa shape index (κ1) is 30.3. The molecule has 24 heteroatoms. The monoisotopic (exact) mass is 636 g/mol. The van der Waals surface area contributed by atoms with Gasteiger partial charge in [0, 0.05) is 0 Å². The van der Waals surface area contributed by atoms with Crippen molar-refractivity contribution in [1.82, 2.24) is 59.4 Å². The summed E-state index contributed by atoms with van der Waals surface area (Å²) >= 11 is 0. The number of aromatic amines is 5. The van der Waals surface area contributed by atoms with Crippen LogP contribution in [0.25, 0.3) is 33.5 Å². The van der Waals surface area contributed by atoms with E-state index in [1.807, 2.05) is 0 Å². The second kappa shape index (κ2) is 12.2. The number of nitrogens with one attached hydrogen (secondary N) is 5. The minimum absolute atomic E-state index is 0.0766. The van der Waals surface area contributed by atoms with Gasteiger partial charge in [0.05, 0.1) is 31.9 Å². The van der Waals surface area contributed by atoms with E-state index in [1.165, 1.54) is 29.9 Å². The van der Waals surface area contributed by atoms with Crippen LogP contribution in [0.5, 0.6) is 5.88 Å². The number of aliphatic hydroxyl groups is 2. The summed E-state index contributed by atoms with van der Waals surface area (Å²) in [6.45, 7) is -0.619. The number of fused-ring (bicyclic) bond motifs is 3. The molecule has 4 atom stereocenters. The molecule has 7 rings (SSSR count). The lowest BCUT2D eigenvalue weighted by Gasteiger charge is -2.16. The Morgan fingerprint density at radius 2 is 1.59 bits per heavy atom. The molecule has 7 heterocycles. The average Bonchev–Trinajstić information content (AvgIpc) is 3.76. The van der Waals surface area contributed by atoms with Crippen LogP contribution in [-0.4, -0.2) is 109 Å². The third kappa shape index (κ3) is 6.42. The van der Waals surface area contributed by atoms with Crippen molar-refractivity contribution >= 4 is 41.3 Å². The lowest BCUT2D eigenvalue weighted by molar-refractivity contribution is -0.0504. The van der Waals surface area contributed by atoms with E-state index in [4.69, 9.17) is 14.5 Å². The van der Waals surface area contributed by atoms with Crippen molar-refractivity contribution in [3.63, 3.8) is 0 Å². The number of hydrogen-bond acceptors (Lipinski definition) is 15. The first-order valence-corrected chi connectivity index (χ1v) is 13.6. The molecule has 1 saturated heterocycles. The third-order valence-corrected chi connectivity index (χ3v) is 6.40. The topological polar surface area (TPSA) is 349 Å². The molecule has 44 heavy (non-hydrogen) atoms. The normalized spacial score (nSPS) is 19.9. The van der Waals surface area contributed by atoms with E-state index in [9.17, 15) is 34.3 Å². The summed E-state index contributed by atoms with van der Waals surface area (Å²) in [6, 6.07) is 0. The van der Waals surface area contributed by atoms with Gasteiger partial charge in [0.15, 0.2) is 34.2 Å². The zero-order chi connectivity index (χ0) is 31.6. The molecule has 1 fully saturated rings. The van der Waals surface area contributed by atoms with Crippen LogP contribution < -0.4 is 16.8 Å². The molecule has 0 unspecified atom stereocenters. The largest absolute Gasteiger partial charge is 0.492 e. The van der Waals surface area contributed by atoms with Crippen molar-refractivity contribution in [2.75, 3.05) is 6.61 Å². The maximum atomic E-state index is 10.9. The molecule has 0 radical (unpaired) electrons. The third-order valence-electron chi connectivity index (χ3n) is 5.91. The summed E-state index contributed by atoms with van der Waals surface area (Å²) in [5.74, 6) is -0.358. The minimum Gasteiger partial charge on any atom is -0.492 e.